The second kappa shape index (κ2) is 7.33. The molecular formula is C19H27N5O. The van der Waals surface area contributed by atoms with Crippen LogP contribution in [-0.4, -0.2) is 43.1 Å². The number of carbonyl (C=O) groups is 1. The summed E-state index contributed by atoms with van der Waals surface area (Å²) in [4.78, 5) is 24.1. The van der Waals surface area contributed by atoms with Gasteiger partial charge in [-0.05, 0) is 46.1 Å². The Morgan fingerprint density at radius 2 is 1.88 bits per heavy atom. The molecule has 0 N–H and O–H groups in total. The number of nitrogens with zero attached hydrogens (tertiary/aromatic N) is 5. The Bertz CT molecular complexity index is 747. The number of likely N-dealkylation sites (tertiary alicyclic amines) is 1. The molecule has 0 bridgehead atoms. The largest absolute Gasteiger partial charge is 0.336 e. The minimum atomic E-state index is 0.0851. The first-order valence-electron chi connectivity index (χ1n) is 9.19. The maximum atomic E-state index is 13.2. The van der Waals surface area contributed by atoms with Crippen molar-refractivity contribution in [3.05, 3.63) is 34.9 Å². The lowest BCUT2D eigenvalue weighted by atomic mass is 10.1. The molecular weight excluding hydrogens is 314 g/mol. The molecule has 3 heterocycles. The van der Waals surface area contributed by atoms with Gasteiger partial charge < -0.3 is 4.90 Å². The molecule has 0 saturated carbocycles. The molecule has 0 spiro atoms. The van der Waals surface area contributed by atoms with E-state index in [4.69, 9.17) is 0 Å². The fraction of sp³-hybridized carbons (Fsp3) is 0.579. The first-order valence-corrected chi connectivity index (χ1v) is 9.19. The molecule has 3 rings (SSSR count). The summed E-state index contributed by atoms with van der Waals surface area (Å²) in [6.45, 7) is 8.75. The molecule has 1 saturated heterocycles. The molecule has 0 unspecified atom stereocenters. The van der Waals surface area contributed by atoms with Crippen molar-refractivity contribution in [3.8, 4) is 5.95 Å². The van der Waals surface area contributed by atoms with E-state index in [0.29, 0.717) is 17.6 Å². The summed E-state index contributed by atoms with van der Waals surface area (Å²) < 4.78 is 1.63. The number of carbonyl (C=O) groups excluding carboxylic acids is 1. The summed E-state index contributed by atoms with van der Waals surface area (Å²) in [5, 5.41) is 4.50. The third kappa shape index (κ3) is 3.72. The summed E-state index contributed by atoms with van der Waals surface area (Å²) >= 11 is 0. The van der Waals surface area contributed by atoms with Gasteiger partial charge in [-0.15, -0.1) is 0 Å². The SMILES string of the molecule is CC[C@H]1CCCCCN1C(=O)c1cn(-c2nc(C)cc(C)n2)nc1C. The molecule has 1 fully saturated rings. The number of hydrogen-bond donors (Lipinski definition) is 0. The molecule has 6 heteroatoms. The fourth-order valence-electron chi connectivity index (χ4n) is 3.61. The second-order valence-electron chi connectivity index (χ2n) is 6.93. The van der Waals surface area contributed by atoms with Gasteiger partial charge in [0.2, 0.25) is 0 Å². The van der Waals surface area contributed by atoms with E-state index in [-0.39, 0.29) is 5.91 Å². The molecule has 6 nitrogen and oxygen atoms in total. The van der Waals surface area contributed by atoms with Gasteiger partial charge >= 0.3 is 0 Å². The highest BCUT2D eigenvalue weighted by molar-refractivity contribution is 5.95. The molecule has 2 aromatic rings. The van der Waals surface area contributed by atoms with Gasteiger partial charge in [-0.1, -0.05) is 19.8 Å². The molecule has 134 valence electrons. The van der Waals surface area contributed by atoms with Crippen LogP contribution in [0, 0.1) is 20.8 Å². The Hall–Kier alpha value is -2.24. The lowest BCUT2D eigenvalue weighted by Crippen LogP contribution is -2.39. The van der Waals surface area contributed by atoms with E-state index in [1.807, 2.05) is 31.7 Å². The van der Waals surface area contributed by atoms with Crippen molar-refractivity contribution >= 4 is 5.91 Å². The summed E-state index contributed by atoms with van der Waals surface area (Å²) in [7, 11) is 0. The maximum Gasteiger partial charge on any atom is 0.257 e. The molecule has 1 aliphatic heterocycles. The number of hydrogen-bond acceptors (Lipinski definition) is 4. The Morgan fingerprint density at radius 3 is 2.56 bits per heavy atom. The molecule has 2 aromatic heterocycles. The smallest absolute Gasteiger partial charge is 0.257 e. The quantitative estimate of drug-likeness (QED) is 0.858. The van der Waals surface area contributed by atoms with Crippen LogP contribution in [0.15, 0.2) is 12.3 Å². The van der Waals surface area contributed by atoms with Gasteiger partial charge in [-0.25, -0.2) is 14.6 Å². The van der Waals surface area contributed by atoms with E-state index in [1.54, 1.807) is 10.9 Å². The van der Waals surface area contributed by atoms with Crippen LogP contribution in [0.3, 0.4) is 0 Å². The first kappa shape index (κ1) is 17.6. The van der Waals surface area contributed by atoms with Crippen molar-refractivity contribution in [2.45, 2.75) is 65.8 Å². The van der Waals surface area contributed by atoms with Gasteiger partial charge in [0.25, 0.3) is 11.9 Å². The third-order valence-electron chi connectivity index (χ3n) is 4.91. The van der Waals surface area contributed by atoms with Crippen molar-refractivity contribution in [1.29, 1.82) is 0 Å². The number of aryl methyl sites for hydroxylation is 3. The van der Waals surface area contributed by atoms with Crippen LogP contribution in [-0.2, 0) is 0 Å². The van der Waals surface area contributed by atoms with Gasteiger partial charge in [-0.3, -0.25) is 4.79 Å². The lowest BCUT2D eigenvalue weighted by Gasteiger charge is -2.29. The van der Waals surface area contributed by atoms with Crippen LogP contribution >= 0.6 is 0 Å². The third-order valence-corrected chi connectivity index (χ3v) is 4.91. The van der Waals surface area contributed by atoms with E-state index < -0.39 is 0 Å². The Kier molecular flexibility index (Phi) is 5.16. The van der Waals surface area contributed by atoms with Crippen molar-refractivity contribution < 1.29 is 4.79 Å². The highest BCUT2D eigenvalue weighted by Gasteiger charge is 2.27. The highest BCUT2D eigenvalue weighted by atomic mass is 16.2. The standard InChI is InChI=1S/C19H27N5O/c1-5-16-9-7-6-8-10-23(16)18(25)17-12-24(22-15(17)4)19-20-13(2)11-14(3)21-19/h11-12,16H,5-10H2,1-4H3/t16-/m0/s1. The predicted octanol–water partition coefficient (Wildman–Crippen LogP) is 3.38. The average molecular weight is 341 g/mol. The minimum absolute atomic E-state index is 0.0851. The highest BCUT2D eigenvalue weighted by Crippen LogP contribution is 2.22. The fourth-order valence-corrected chi connectivity index (χ4v) is 3.61. The Morgan fingerprint density at radius 1 is 1.16 bits per heavy atom. The lowest BCUT2D eigenvalue weighted by molar-refractivity contribution is 0.0677. The van der Waals surface area contributed by atoms with Crippen LogP contribution in [0.5, 0.6) is 0 Å². The summed E-state index contributed by atoms with van der Waals surface area (Å²) in [6, 6.07) is 2.25. The van der Waals surface area contributed by atoms with Crippen molar-refractivity contribution in [1.82, 2.24) is 24.6 Å². The van der Waals surface area contributed by atoms with Crippen molar-refractivity contribution in [2.75, 3.05) is 6.54 Å². The van der Waals surface area contributed by atoms with Gasteiger partial charge in [0.15, 0.2) is 0 Å². The molecule has 1 amide bonds. The topological polar surface area (TPSA) is 63.9 Å². The van der Waals surface area contributed by atoms with Gasteiger partial charge in [0.1, 0.15) is 0 Å². The average Bonchev–Trinajstić information content (AvgIpc) is 2.80. The molecule has 1 aliphatic rings. The van der Waals surface area contributed by atoms with Gasteiger partial charge in [-0.2, -0.15) is 5.10 Å². The predicted molar refractivity (Wildman–Crippen MR) is 96.9 cm³/mol. The zero-order valence-electron chi connectivity index (χ0n) is 15.6. The number of aromatic nitrogens is 4. The maximum absolute atomic E-state index is 13.2. The molecule has 1 atom stereocenters. The molecule has 25 heavy (non-hydrogen) atoms. The van der Waals surface area contributed by atoms with E-state index in [2.05, 4.69) is 22.0 Å². The minimum Gasteiger partial charge on any atom is -0.336 e. The monoisotopic (exact) mass is 341 g/mol. The van der Waals surface area contributed by atoms with Crippen LogP contribution < -0.4 is 0 Å². The Balaban J connectivity index is 1.92. The normalized spacial score (nSPS) is 18.2. The van der Waals surface area contributed by atoms with E-state index >= 15 is 0 Å². The van der Waals surface area contributed by atoms with Crippen LogP contribution in [0.1, 0.15) is 66.5 Å². The zero-order valence-corrected chi connectivity index (χ0v) is 15.6. The van der Waals surface area contributed by atoms with Crippen LogP contribution in [0.25, 0.3) is 5.95 Å². The number of amides is 1. The molecule has 0 aromatic carbocycles. The first-order chi connectivity index (χ1) is 12.0. The van der Waals surface area contributed by atoms with E-state index in [1.165, 1.54) is 12.8 Å². The van der Waals surface area contributed by atoms with Crippen LogP contribution in [0.2, 0.25) is 0 Å². The van der Waals surface area contributed by atoms with E-state index in [9.17, 15) is 4.79 Å². The summed E-state index contributed by atoms with van der Waals surface area (Å²) in [5.74, 6) is 0.601. The zero-order chi connectivity index (χ0) is 18.0. The number of rotatable bonds is 3. The summed E-state index contributed by atoms with van der Waals surface area (Å²) in [5.41, 5.74) is 3.17. The molecule has 0 aliphatic carbocycles. The Labute approximate surface area is 149 Å². The second-order valence-corrected chi connectivity index (χ2v) is 6.93. The van der Waals surface area contributed by atoms with Crippen molar-refractivity contribution in [2.24, 2.45) is 0 Å². The van der Waals surface area contributed by atoms with Crippen LogP contribution in [0.4, 0.5) is 0 Å². The summed E-state index contributed by atoms with van der Waals surface area (Å²) in [6.07, 6.45) is 7.36. The van der Waals surface area contributed by atoms with Gasteiger partial charge in [0.05, 0.1) is 11.3 Å². The van der Waals surface area contributed by atoms with E-state index in [0.717, 1.165) is 42.9 Å². The molecule has 0 radical (unpaired) electrons. The van der Waals surface area contributed by atoms with Gasteiger partial charge in [0, 0.05) is 30.2 Å². The van der Waals surface area contributed by atoms with Crippen molar-refractivity contribution in [3.63, 3.8) is 0 Å².